The molecule has 0 aliphatic carbocycles. The molecule has 0 radical (unpaired) electrons. The molecule has 4 aliphatic heterocycles. The minimum absolute atomic E-state index is 0.114. The van der Waals surface area contributed by atoms with Crippen LogP contribution in [-0.4, -0.2) is 210 Å². The lowest BCUT2D eigenvalue weighted by molar-refractivity contribution is -0.293. The van der Waals surface area contributed by atoms with Crippen LogP contribution in [0.4, 0.5) is 0 Å². The highest BCUT2D eigenvalue weighted by molar-refractivity contribution is 4.95. The summed E-state index contributed by atoms with van der Waals surface area (Å²) in [6, 6.07) is 0. The Balaban J connectivity index is 0.000000260. The van der Waals surface area contributed by atoms with Gasteiger partial charge in [0.25, 0.3) is 0 Å². The molecule has 13 N–H and O–H groups in total. The summed E-state index contributed by atoms with van der Waals surface area (Å²) in [5, 5.41) is 128. The van der Waals surface area contributed by atoms with E-state index < -0.39 is 129 Å². The lowest BCUT2D eigenvalue weighted by Gasteiger charge is -2.42. The summed E-state index contributed by atoms with van der Waals surface area (Å²) < 4.78 is 31.6. The summed E-state index contributed by atoms with van der Waals surface area (Å²) in [4.78, 5) is 0. The molecule has 48 heavy (non-hydrogen) atoms. The van der Waals surface area contributed by atoms with Crippen LogP contribution in [0.1, 0.15) is 39.0 Å². The number of aliphatic hydroxyl groups excluding tert-OH is 13. The highest BCUT2D eigenvalue weighted by Crippen LogP contribution is 2.31. The Morgan fingerprint density at radius 1 is 0.375 bits per heavy atom. The van der Waals surface area contributed by atoms with Gasteiger partial charge in [-0.15, -0.1) is 0 Å². The summed E-state index contributed by atoms with van der Waals surface area (Å²) in [6.07, 6.45) is -22.3. The molecule has 0 bridgehead atoms. The fourth-order valence-electron chi connectivity index (χ4n) is 6.38. The predicted octanol–water partition coefficient (Wildman–Crippen LogP) is -6.46. The van der Waals surface area contributed by atoms with Gasteiger partial charge in [-0.1, -0.05) is 6.92 Å². The highest BCUT2D eigenvalue weighted by Gasteiger charge is 2.48. The maximum absolute atomic E-state index is 10.1. The molecule has 0 aromatic carbocycles. The van der Waals surface area contributed by atoms with Crippen LogP contribution in [0.25, 0.3) is 0 Å². The Morgan fingerprint density at radius 3 is 0.958 bits per heavy atom. The van der Waals surface area contributed by atoms with E-state index in [1.54, 1.807) is 6.92 Å². The fraction of sp³-hybridized carbons (Fsp3) is 1.00. The first-order valence-electron chi connectivity index (χ1n) is 16.1. The number of ether oxygens (including phenoxy) is 6. The topological polar surface area (TPSA) is 318 Å². The molecule has 4 heterocycles. The Labute approximate surface area is 277 Å². The van der Waals surface area contributed by atoms with Crippen molar-refractivity contribution in [1.82, 2.24) is 0 Å². The fourth-order valence-corrected chi connectivity index (χ4v) is 6.38. The Hall–Kier alpha value is -0.760. The molecule has 4 aliphatic rings. The van der Waals surface area contributed by atoms with Gasteiger partial charge in [0.1, 0.15) is 79.4 Å². The van der Waals surface area contributed by atoms with Crippen molar-refractivity contribution in [2.75, 3.05) is 20.8 Å². The number of hydrogen-bond donors (Lipinski definition) is 13. The van der Waals surface area contributed by atoms with E-state index in [0.717, 1.165) is 0 Å². The van der Waals surface area contributed by atoms with Crippen molar-refractivity contribution in [2.45, 2.75) is 161 Å². The monoisotopic (exact) mass is 706 g/mol. The van der Waals surface area contributed by atoms with Crippen molar-refractivity contribution in [3.05, 3.63) is 0 Å². The molecule has 0 saturated carbocycles. The molecule has 0 aromatic heterocycles. The standard InChI is InChI=1S/C15H28O9.C14H26O10/c1-3-6-9(16)12(19)10(17)7(23-6)4-5-8-11(18)13(20)14(21)15(22-2)24-8;1-22-14-13(21)12(20)9(17)6(24-14)3-2-5-8(16)11(19)10(18)7(4-15)23-5/h6-21H,3-5H2,1-2H3;5-21H,2-4H2,1H3/t6-,7+,8?,9-,10+,11-,12+,13+,14-,15+;5-,6?,7-,8+,9-,10-,11-,12+,13-,14+/m11/s1. The number of hydrogen-bond acceptors (Lipinski definition) is 19. The summed E-state index contributed by atoms with van der Waals surface area (Å²) in [5.41, 5.74) is 0. The average molecular weight is 707 g/mol. The minimum atomic E-state index is -1.47. The van der Waals surface area contributed by atoms with Gasteiger partial charge in [-0.25, -0.2) is 0 Å². The highest BCUT2D eigenvalue weighted by atomic mass is 16.7. The molecule has 2 unspecified atom stereocenters. The van der Waals surface area contributed by atoms with Gasteiger partial charge in [0, 0.05) is 14.2 Å². The second-order valence-corrected chi connectivity index (χ2v) is 12.6. The summed E-state index contributed by atoms with van der Waals surface area (Å²) in [6.45, 7) is 1.27. The van der Waals surface area contributed by atoms with Gasteiger partial charge < -0.3 is 94.8 Å². The average Bonchev–Trinajstić information content (AvgIpc) is 3.08. The van der Waals surface area contributed by atoms with Crippen LogP contribution in [0.3, 0.4) is 0 Å². The second-order valence-electron chi connectivity index (χ2n) is 12.6. The first-order valence-corrected chi connectivity index (χ1v) is 16.1. The number of aliphatic hydroxyl groups is 13. The van der Waals surface area contributed by atoms with E-state index in [4.69, 9.17) is 33.5 Å². The van der Waals surface area contributed by atoms with Gasteiger partial charge >= 0.3 is 0 Å². The zero-order valence-corrected chi connectivity index (χ0v) is 27.1. The van der Waals surface area contributed by atoms with Crippen molar-refractivity contribution in [3.63, 3.8) is 0 Å². The molecule has 19 nitrogen and oxygen atoms in total. The van der Waals surface area contributed by atoms with E-state index in [0.29, 0.717) is 6.42 Å². The third-order valence-electron chi connectivity index (χ3n) is 9.48. The van der Waals surface area contributed by atoms with Crippen LogP contribution in [0, 0.1) is 0 Å². The van der Waals surface area contributed by atoms with Crippen LogP contribution in [-0.2, 0) is 28.4 Å². The molecule has 4 rings (SSSR count). The molecule has 19 heteroatoms. The van der Waals surface area contributed by atoms with Crippen LogP contribution in [0.15, 0.2) is 0 Å². The molecular weight excluding hydrogens is 652 g/mol. The SMILES string of the molecule is CC[C@H]1O[C@@H](CCC2O[C@H](OC)[C@H](O)[C@@H](O)[C@@H]2O)[C@H](O)[C@@H](O)[C@@H]1O.CO[C@H]1OC(CC[C@H]2O[C@H](CO)[C@@H](O)[C@H](O)[C@H]2O)[C@@H](O)[C@H](O)[C@H]1O. The molecule has 4 fully saturated rings. The second kappa shape index (κ2) is 18.6. The maximum Gasteiger partial charge on any atom is 0.186 e. The van der Waals surface area contributed by atoms with E-state index in [1.165, 1.54) is 14.2 Å². The van der Waals surface area contributed by atoms with E-state index in [9.17, 15) is 61.3 Å². The number of rotatable bonds is 10. The molecule has 284 valence electrons. The van der Waals surface area contributed by atoms with Gasteiger partial charge in [0.05, 0.1) is 37.1 Å². The van der Waals surface area contributed by atoms with Crippen molar-refractivity contribution >= 4 is 0 Å². The quantitative estimate of drug-likeness (QED) is 0.100. The van der Waals surface area contributed by atoms with Crippen molar-refractivity contribution in [2.24, 2.45) is 0 Å². The lowest BCUT2D eigenvalue weighted by Crippen LogP contribution is -2.60. The molecular formula is C29H54O19. The van der Waals surface area contributed by atoms with Crippen molar-refractivity contribution in [1.29, 1.82) is 0 Å². The first-order chi connectivity index (χ1) is 22.6. The Kier molecular flexibility index (Phi) is 16.2. The largest absolute Gasteiger partial charge is 0.394 e. The lowest BCUT2D eigenvalue weighted by atomic mass is 9.89. The normalized spacial score (nSPS) is 50.0. The van der Waals surface area contributed by atoms with Crippen LogP contribution < -0.4 is 0 Å². The maximum atomic E-state index is 10.1. The van der Waals surface area contributed by atoms with Gasteiger partial charge in [-0.05, 0) is 32.1 Å². The summed E-state index contributed by atoms with van der Waals surface area (Å²) in [7, 11) is 2.60. The van der Waals surface area contributed by atoms with Crippen molar-refractivity contribution in [3.8, 4) is 0 Å². The summed E-state index contributed by atoms with van der Waals surface area (Å²) in [5.74, 6) is 0. The molecule has 0 amide bonds. The molecule has 4 saturated heterocycles. The van der Waals surface area contributed by atoms with Gasteiger partial charge in [0.2, 0.25) is 0 Å². The first kappa shape index (κ1) is 41.7. The molecule has 20 atom stereocenters. The Bertz CT molecular complexity index is 783. The minimum Gasteiger partial charge on any atom is -0.394 e. The van der Waals surface area contributed by atoms with Crippen LogP contribution in [0.2, 0.25) is 0 Å². The predicted molar refractivity (Wildman–Crippen MR) is 157 cm³/mol. The van der Waals surface area contributed by atoms with E-state index in [-0.39, 0.29) is 25.7 Å². The number of methoxy groups -OCH3 is 2. The smallest absolute Gasteiger partial charge is 0.186 e. The van der Waals surface area contributed by atoms with E-state index in [2.05, 4.69) is 0 Å². The van der Waals surface area contributed by atoms with Crippen LogP contribution >= 0.6 is 0 Å². The molecule has 0 aromatic rings. The van der Waals surface area contributed by atoms with Gasteiger partial charge in [-0.2, -0.15) is 0 Å². The van der Waals surface area contributed by atoms with Crippen molar-refractivity contribution < 1.29 is 94.8 Å². The Morgan fingerprint density at radius 2 is 0.646 bits per heavy atom. The van der Waals surface area contributed by atoms with Crippen LogP contribution in [0.5, 0.6) is 0 Å². The van der Waals surface area contributed by atoms with E-state index in [1.807, 2.05) is 0 Å². The van der Waals surface area contributed by atoms with Gasteiger partial charge in [-0.3, -0.25) is 0 Å². The third kappa shape index (κ3) is 9.36. The summed E-state index contributed by atoms with van der Waals surface area (Å²) >= 11 is 0. The zero-order chi connectivity index (χ0) is 36.0. The third-order valence-corrected chi connectivity index (χ3v) is 9.48. The van der Waals surface area contributed by atoms with Gasteiger partial charge in [0.15, 0.2) is 12.6 Å². The zero-order valence-electron chi connectivity index (χ0n) is 27.1. The molecule has 0 spiro atoms. The van der Waals surface area contributed by atoms with E-state index >= 15 is 0 Å².